The monoisotopic (exact) mass is 650 g/mol. The molecule has 1 unspecified atom stereocenters. The number of fused-ring (bicyclic) bond motifs is 1. The van der Waals surface area contributed by atoms with E-state index in [1.165, 1.54) is 4.90 Å². The Morgan fingerprint density at radius 3 is 2.46 bits per heavy atom. The van der Waals surface area contributed by atoms with Crippen LogP contribution in [0.2, 0.25) is 0 Å². The average Bonchev–Trinajstić information content (AvgIpc) is 3.41. The van der Waals surface area contributed by atoms with Crippen molar-refractivity contribution in [3.05, 3.63) is 83.6 Å². The summed E-state index contributed by atoms with van der Waals surface area (Å²) in [4.78, 5) is 35.2. The van der Waals surface area contributed by atoms with Crippen LogP contribution in [0.3, 0.4) is 0 Å². The van der Waals surface area contributed by atoms with E-state index < -0.39 is 11.6 Å². The van der Waals surface area contributed by atoms with E-state index in [1.54, 1.807) is 13.3 Å². The van der Waals surface area contributed by atoms with E-state index in [0.29, 0.717) is 43.4 Å². The van der Waals surface area contributed by atoms with Gasteiger partial charge in [0.25, 0.3) is 11.7 Å². The maximum Gasteiger partial charge on any atom is 0.407 e. The fourth-order valence-electron chi connectivity index (χ4n) is 6.17. The molecule has 7 rings (SSSR count). The number of carboxylic acid groups (broad SMARTS) is 1. The number of likely N-dealkylation sites (tertiary alicyclic amines) is 1. The molecule has 3 aromatic heterocycles. The number of hydrogen-bond donors (Lipinski definition) is 3. The fourth-order valence-corrected chi connectivity index (χ4v) is 6.17. The van der Waals surface area contributed by atoms with Gasteiger partial charge >= 0.3 is 6.09 Å². The standard InChI is InChI=1S/C35H38N8O5/c1-34(2,3)32-38-29(41-48-32)31(44)39-35(15-16-35)23-9-7-22(8-10-23)26-13-17-36-30-27(26)28(37-24-14-18-42(20-24)33(45)46)40-43(30)19-21-5-11-25(47-4)12-6-21/h5-13,17,24H,14-16,18-20H2,1-4H3,(H,37,40)(H,39,44)(H,45,46). The Morgan fingerprint density at radius 1 is 1.08 bits per heavy atom. The highest BCUT2D eigenvalue weighted by Gasteiger charge is 2.46. The Labute approximate surface area is 277 Å². The topological polar surface area (TPSA) is 161 Å². The number of pyridine rings is 1. The second-order valence-electron chi connectivity index (χ2n) is 13.6. The van der Waals surface area contributed by atoms with Crippen molar-refractivity contribution in [2.45, 2.75) is 63.6 Å². The Morgan fingerprint density at radius 2 is 1.83 bits per heavy atom. The van der Waals surface area contributed by atoms with Gasteiger partial charge in [-0.15, -0.1) is 0 Å². The molecule has 48 heavy (non-hydrogen) atoms. The first kappa shape index (κ1) is 31.2. The quantitative estimate of drug-likeness (QED) is 0.188. The van der Waals surface area contributed by atoms with Crippen LogP contribution in [0.15, 0.2) is 65.3 Å². The van der Waals surface area contributed by atoms with Gasteiger partial charge in [0.05, 0.1) is 24.6 Å². The molecule has 2 aliphatic rings. The number of ether oxygens (including phenoxy) is 1. The molecule has 248 valence electrons. The van der Waals surface area contributed by atoms with Crippen LogP contribution in [0.4, 0.5) is 10.6 Å². The summed E-state index contributed by atoms with van der Waals surface area (Å²) in [5.41, 5.74) is 3.81. The molecule has 13 nitrogen and oxygen atoms in total. The van der Waals surface area contributed by atoms with Gasteiger partial charge in [0, 0.05) is 30.7 Å². The van der Waals surface area contributed by atoms with Crippen molar-refractivity contribution in [3.63, 3.8) is 0 Å². The number of rotatable bonds is 9. The molecule has 4 heterocycles. The third-order valence-electron chi connectivity index (χ3n) is 9.05. The molecule has 1 atom stereocenters. The van der Waals surface area contributed by atoms with Crippen LogP contribution in [0.25, 0.3) is 22.2 Å². The van der Waals surface area contributed by atoms with Gasteiger partial charge in [-0.1, -0.05) is 62.3 Å². The predicted octanol–water partition coefficient (Wildman–Crippen LogP) is 5.42. The van der Waals surface area contributed by atoms with Gasteiger partial charge in [-0.25, -0.2) is 14.5 Å². The minimum atomic E-state index is -0.923. The number of nitrogens with zero attached hydrogens (tertiary/aromatic N) is 6. The lowest BCUT2D eigenvalue weighted by Crippen LogP contribution is -2.35. The largest absolute Gasteiger partial charge is 0.497 e. The number of amides is 2. The second-order valence-corrected chi connectivity index (χ2v) is 13.6. The summed E-state index contributed by atoms with van der Waals surface area (Å²) in [5, 5.41) is 25.9. The molecule has 5 aromatic rings. The highest BCUT2D eigenvalue weighted by molar-refractivity contribution is 6.01. The zero-order valence-electron chi connectivity index (χ0n) is 27.4. The number of nitrogens with one attached hydrogen (secondary N) is 2. The van der Waals surface area contributed by atoms with E-state index in [-0.39, 0.29) is 23.2 Å². The van der Waals surface area contributed by atoms with Gasteiger partial charge < -0.3 is 29.9 Å². The maximum atomic E-state index is 13.1. The number of anilines is 1. The molecular formula is C35H38N8O5. The Balaban J connectivity index is 1.18. The number of hydrogen-bond acceptors (Lipinski definition) is 9. The van der Waals surface area contributed by atoms with Crippen molar-refractivity contribution in [1.29, 1.82) is 0 Å². The number of carbonyl (C=O) groups excluding carboxylic acids is 1. The summed E-state index contributed by atoms with van der Waals surface area (Å²) in [6, 6.07) is 17.9. The molecule has 1 aliphatic carbocycles. The highest BCUT2D eigenvalue weighted by atomic mass is 16.5. The zero-order valence-corrected chi connectivity index (χ0v) is 27.4. The molecule has 1 saturated heterocycles. The van der Waals surface area contributed by atoms with Crippen molar-refractivity contribution < 1.29 is 24.0 Å². The maximum absolute atomic E-state index is 13.1. The van der Waals surface area contributed by atoms with Crippen molar-refractivity contribution in [3.8, 4) is 16.9 Å². The first-order valence-electron chi connectivity index (χ1n) is 16.0. The van der Waals surface area contributed by atoms with E-state index in [2.05, 4.69) is 32.9 Å². The number of aromatic nitrogens is 5. The minimum absolute atomic E-state index is 0.0300. The van der Waals surface area contributed by atoms with Gasteiger partial charge in [-0.3, -0.25) is 4.79 Å². The van der Waals surface area contributed by atoms with Gasteiger partial charge in [0.2, 0.25) is 5.89 Å². The van der Waals surface area contributed by atoms with E-state index >= 15 is 0 Å². The highest BCUT2D eigenvalue weighted by Crippen LogP contribution is 2.46. The van der Waals surface area contributed by atoms with E-state index in [4.69, 9.17) is 19.3 Å². The first-order valence-corrected chi connectivity index (χ1v) is 16.0. The van der Waals surface area contributed by atoms with Crippen LogP contribution in [-0.2, 0) is 17.5 Å². The Bertz CT molecular complexity index is 1970. The molecule has 0 radical (unpaired) electrons. The van der Waals surface area contributed by atoms with Crippen LogP contribution in [0, 0.1) is 0 Å². The fraction of sp³-hybridized carbons (Fsp3) is 0.371. The lowest BCUT2D eigenvalue weighted by atomic mass is 9.97. The third-order valence-corrected chi connectivity index (χ3v) is 9.05. The average molecular weight is 651 g/mol. The third kappa shape index (κ3) is 6.03. The lowest BCUT2D eigenvalue weighted by Gasteiger charge is -2.18. The van der Waals surface area contributed by atoms with E-state index in [9.17, 15) is 14.7 Å². The SMILES string of the molecule is COc1ccc(Cn2nc(NC3CCN(C(=O)O)C3)c3c(-c4ccc(C5(NC(=O)c6noc(C(C)(C)C)n6)CC5)cc4)ccnc32)cc1. The predicted molar refractivity (Wildman–Crippen MR) is 178 cm³/mol. The Hall–Kier alpha value is -5.46. The lowest BCUT2D eigenvalue weighted by molar-refractivity contribution is 0.0917. The minimum Gasteiger partial charge on any atom is -0.497 e. The molecule has 1 aliphatic heterocycles. The van der Waals surface area contributed by atoms with Gasteiger partial charge in [0.1, 0.15) is 5.75 Å². The molecule has 2 aromatic carbocycles. The number of methoxy groups -OCH3 is 1. The summed E-state index contributed by atoms with van der Waals surface area (Å²) in [6.45, 7) is 7.19. The summed E-state index contributed by atoms with van der Waals surface area (Å²) in [6.07, 6.45) is 3.15. The summed E-state index contributed by atoms with van der Waals surface area (Å²) < 4.78 is 12.5. The summed E-state index contributed by atoms with van der Waals surface area (Å²) in [7, 11) is 1.64. The van der Waals surface area contributed by atoms with Crippen LogP contribution in [-0.4, -0.2) is 73.2 Å². The normalized spacial score (nSPS) is 17.0. The van der Waals surface area contributed by atoms with Crippen LogP contribution >= 0.6 is 0 Å². The summed E-state index contributed by atoms with van der Waals surface area (Å²) >= 11 is 0. The number of benzene rings is 2. The van der Waals surface area contributed by atoms with Gasteiger partial charge in [-0.2, -0.15) is 10.1 Å². The van der Waals surface area contributed by atoms with E-state index in [0.717, 1.165) is 46.2 Å². The Kier molecular flexibility index (Phi) is 7.77. The zero-order chi connectivity index (χ0) is 33.6. The van der Waals surface area contributed by atoms with E-state index in [1.807, 2.05) is 67.9 Å². The van der Waals surface area contributed by atoms with Crippen LogP contribution < -0.4 is 15.4 Å². The molecule has 0 bridgehead atoms. The number of carbonyl (C=O) groups is 2. The van der Waals surface area contributed by atoms with Crippen LogP contribution in [0.5, 0.6) is 5.75 Å². The molecule has 2 amide bonds. The smallest absolute Gasteiger partial charge is 0.407 e. The molecular weight excluding hydrogens is 612 g/mol. The van der Waals surface area contributed by atoms with Crippen molar-refractivity contribution in [1.82, 2.24) is 35.1 Å². The van der Waals surface area contributed by atoms with Crippen molar-refractivity contribution in [2.75, 3.05) is 25.5 Å². The first-order chi connectivity index (χ1) is 23.0. The molecule has 13 heteroatoms. The van der Waals surface area contributed by atoms with Crippen molar-refractivity contribution in [2.24, 2.45) is 0 Å². The van der Waals surface area contributed by atoms with Gasteiger partial charge in [0.15, 0.2) is 11.5 Å². The second kappa shape index (κ2) is 12.0. The van der Waals surface area contributed by atoms with Gasteiger partial charge in [-0.05, 0) is 59.7 Å². The van der Waals surface area contributed by atoms with Crippen molar-refractivity contribution >= 4 is 28.9 Å². The van der Waals surface area contributed by atoms with Crippen LogP contribution in [0.1, 0.15) is 67.7 Å². The summed E-state index contributed by atoms with van der Waals surface area (Å²) in [5.74, 6) is 1.52. The molecule has 1 saturated carbocycles. The molecule has 2 fully saturated rings. The molecule has 3 N–H and O–H groups in total. The molecule has 0 spiro atoms.